The summed E-state index contributed by atoms with van der Waals surface area (Å²) >= 11 is 0. The molecule has 0 bridgehead atoms. The van der Waals surface area contributed by atoms with Crippen molar-refractivity contribution in [2.24, 2.45) is 9.98 Å². The third kappa shape index (κ3) is 10.3. The summed E-state index contributed by atoms with van der Waals surface area (Å²) in [7, 11) is 0. The number of benzene rings is 2. The molecule has 0 amide bonds. The second kappa shape index (κ2) is 13.6. The zero-order valence-electron chi connectivity index (χ0n) is 18.2. The van der Waals surface area contributed by atoms with Crippen molar-refractivity contribution in [2.45, 2.75) is 27.3 Å². The van der Waals surface area contributed by atoms with Crippen molar-refractivity contribution >= 4 is 29.5 Å². The van der Waals surface area contributed by atoms with Gasteiger partial charge in [0.25, 0.3) is 5.56 Å². The molecule has 0 unspecified atom stereocenters. The van der Waals surface area contributed by atoms with Crippen molar-refractivity contribution in [3.8, 4) is 0 Å². The number of hydrogen-bond donors (Lipinski definition) is 2. The first-order valence-electron chi connectivity index (χ1n) is 9.47. The first-order valence-corrected chi connectivity index (χ1v) is 9.47. The second-order valence-corrected chi connectivity index (χ2v) is 6.67. The molecule has 3 aromatic rings. The molecule has 170 valence electrons. The van der Waals surface area contributed by atoms with Gasteiger partial charge in [0, 0.05) is 11.8 Å². The summed E-state index contributed by atoms with van der Waals surface area (Å²) in [5, 5.41) is 8.40. The predicted octanol–water partition coefficient (Wildman–Crippen LogP) is 2.85. The summed E-state index contributed by atoms with van der Waals surface area (Å²) in [4.78, 5) is 60.5. The van der Waals surface area contributed by atoms with Crippen LogP contribution in [0.3, 0.4) is 0 Å². The van der Waals surface area contributed by atoms with Crippen LogP contribution in [0.15, 0.2) is 74.3 Å². The Labute approximate surface area is 188 Å². The van der Waals surface area contributed by atoms with Gasteiger partial charge in [-0.05, 0) is 45.0 Å². The fraction of sp³-hybridized carbons (Fsp3) is 0.174. The fourth-order valence-corrected chi connectivity index (χ4v) is 2.23. The molecular formula is C23H22N4O6. The lowest BCUT2D eigenvalue weighted by atomic mass is 10.2. The molecule has 0 aliphatic carbocycles. The first kappa shape index (κ1) is 26.4. The molecule has 1 aromatic heterocycles. The molecule has 3 rings (SSSR count). The number of carbonyl (C=O) groups excluding carboxylic acids is 2. The number of isocyanates is 2. The highest BCUT2D eigenvalue weighted by atomic mass is 16.4. The third-order valence-corrected chi connectivity index (χ3v) is 3.91. The van der Waals surface area contributed by atoms with Gasteiger partial charge in [-0.15, -0.1) is 0 Å². The number of aromatic amines is 1. The van der Waals surface area contributed by atoms with E-state index in [9.17, 15) is 24.0 Å². The van der Waals surface area contributed by atoms with Crippen LogP contribution in [-0.4, -0.2) is 32.8 Å². The summed E-state index contributed by atoms with van der Waals surface area (Å²) in [6, 6.07) is 14.7. The van der Waals surface area contributed by atoms with Gasteiger partial charge < -0.3 is 5.11 Å². The molecular weight excluding hydrogens is 428 g/mol. The van der Waals surface area contributed by atoms with E-state index in [2.05, 4.69) is 9.98 Å². The Morgan fingerprint density at radius 3 is 1.67 bits per heavy atom. The third-order valence-electron chi connectivity index (χ3n) is 3.91. The highest BCUT2D eigenvalue weighted by Crippen LogP contribution is 2.11. The number of aromatic nitrogens is 2. The Kier molecular flexibility index (Phi) is 10.9. The number of nitrogens with one attached hydrogen (secondary N) is 1. The second-order valence-electron chi connectivity index (χ2n) is 6.67. The number of carbonyl (C=O) groups is 1. The molecule has 0 fully saturated rings. The molecule has 33 heavy (non-hydrogen) atoms. The highest BCUT2D eigenvalue weighted by Gasteiger charge is 2.03. The lowest BCUT2D eigenvalue weighted by Gasteiger charge is -2.00. The minimum absolute atomic E-state index is 0.306. The highest BCUT2D eigenvalue weighted by molar-refractivity contribution is 5.66. The molecule has 0 spiro atoms. The average molecular weight is 450 g/mol. The van der Waals surface area contributed by atoms with Gasteiger partial charge in [0.15, 0.2) is 0 Å². The summed E-state index contributed by atoms with van der Waals surface area (Å²) in [5.41, 5.74) is 2.72. The van der Waals surface area contributed by atoms with Crippen LogP contribution in [0, 0.1) is 20.8 Å². The largest absolute Gasteiger partial charge is 0.480 e. The van der Waals surface area contributed by atoms with Crippen LogP contribution < -0.4 is 11.2 Å². The van der Waals surface area contributed by atoms with Crippen LogP contribution in [0.4, 0.5) is 11.4 Å². The minimum atomic E-state index is -1.13. The first-order chi connectivity index (χ1) is 15.7. The lowest BCUT2D eigenvalue weighted by molar-refractivity contribution is -0.137. The van der Waals surface area contributed by atoms with Crippen molar-refractivity contribution < 1.29 is 19.5 Å². The smallest absolute Gasteiger partial charge is 0.328 e. The number of hydrogen-bond acceptors (Lipinski definition) is 7. The molecule has 10 heteroatoms. The van der Waals surface area contributed by atoms with Gasteiger partial charge in [0.05, 0.1) is 11.4 Å². The van der Waals surface area contributed by atoms with E-state index in [1.165, 1.54) is 25.3 Å². The number of nitrogens with zero attached hydrogens (tertiary/aromatic N) is 3. The van der Waals surface area contributed by atoms with Gasteiger partial charge in [0.2, 0.25) is 12.2 Å². The van der Waals surface area contributed by atoms with E-state index in [0.717, 1.165) is 15.7 Å². The molecule has 0 atom stereocenters. The van der Waals surface area contributed by atoms with Gasteiger partial charge >= 0.3 is 11.7 Å². The molecule has 0 radical (unpaired) electrons. The maximum Gasteiger partial charge on any atom is 0.328 e. The van der Waals surface area contributed by atoms with Gasteiger partial charge in [-0.2, -0.15) is 9.98 Å². The molecule has 0 saturated carbocycles. The summed E-state index contributed by atoms with van der Waals surface area (Å²) < 4.78 is 0.930. The monoisotopic (exact) mass is 450 g/mol. The van der Waals surface area contributed by atoms with Crippen LogP contribution >= 0.6 is 0 Å². The maximum absolute atomic E-state index is 11.0. The number of aryl methyl sites for hydroxylation is 3. The van der Waals surface area contributed by atoms with E-state index >= 15 is 0 Å². The van der Waals surface area contributed by atoms with Gasteiger partial charge in [-0.3, -0.25) is 19.1 Å². The number of aliphatic imine (C=N–C) groups is 2. The normalized spacial score (nSPS) is 9.06. The Hall–Kier alpha value is -4.65. The van der Waals surface area contributed by atoms with Crippen molar-refractivity contribution in [3.05, 3.63) is 92.3 Å². The number of rotatable bonds is 4. The SMILES string of the molecule is Cc1ccc(N=C=O)cc1.Cc1ccc(N=C=O)cc1.Cc1cn(CC(=O)O)c(=O)[nH]c1=O. The van der Waals surface area contributed by atoms with E-state index in [1.807, 2.05) is 43.1 Å². The lowest BCUT2D eigenvalue weighted by Crippen LogP contribution is -2.32. The number of aliphatic carboxylic acids is 1. The Bertz CT molecular complexity index is 1220. The van der Waals surface area contributed by atoms with Crippen LogP contribution in [-0.2, 0) is 20.9 Å². The molecule has 2 N–H and O–H groups in total. The zero-order valence-corrected chi connectivity index (χ0v) is 18.2. The molecule has 2 aromatic carbocycles. The number of carboxylic acid groups (broad SMARTS) is 1. The molecule has 0 aliphatic heterocycles. The summed E-state index contributed by atoms with van der Waals surface area (Å²) in [6.07, 6.45) is 4.17. The summed E-state index contributed by atoms with van der Waals surface area (Å²) in [6.45, 7) is 5.01. The molecule has 1 heterocycles. The molecule has 0 aliphatic rings. The Morgan fingerprint density at radius 2 is 1.30 bits per heavy atom. The van der Waals surface area contributed by atoms with E-state index in [0.29, 0.717) is 16.9 Å². The zero-order chi connectivity index (χ0) is 24.8. The fourth-order valence-electron chi connectivity index (χ4n) is 2.23. The van der Waals surface area contributed by atoms with Crippen molar-refractivity contribution in [1.82, 2.24) is 9.55 Å². The van der Waals surface area contributed by atoms with Crippen molar-refractivity contribution in [3.63, 3.8) is 0 Å². The predicted molar refractivity (Wildman–Crippen MR) is 122 cm³/mol. The van der Waals surface area contributed by atoms with Crippen molar-refractivity contribution in [1.29, 1.82) is 0 Å². The molecule has 0 saturated heterocycles. The van der Waals surface area contributed by atoms with Crippen LogP contribution in [0.5, 0.6) is 0 Å². The van der Waals surface area contributed by atoms with Gasteiger partial charge in [-0.25, -0.2) is 14.4 Å². The maximum atomic E-state index is 11.0. The molecule has 10 nitrogen and oxygen atoms in total. The van der Waals surface area contributed by atoms with Crippen LogP contribution in [0.25, 0.3) is 0 Å². The van der Waals surface area contributed by atoms with Gasteiger partial charge in [0.1, 0.15) is 6.54 Å². The quantitative estimate of drug-likeness (QED) is 0.461. The number of H-pyrrole nitrogens is 1. The standard InChI is InChI=1S/2C8H7NO.C7H8N2O4/c2*1-7-2-4-8(5-3-7)9-6-10;1-4-2-9(3-5(10)11)7(13)8-6(4)12/h2*2-5H,1H3;2H,3H2,1H3,(H,10,11)(H,8,12,13). The minimum Gasteiger partial charge on any atom is -0.480 e. The van der Waals surface area contributed by atoms with E-state index in [1.54, 1.807) is 24.3 Å². The van der Waals surface area contributed by atoms with Gasteiger partial charge in [-0.1, -0.05) is 35.4 Å². The van der Waals surface area contributed by atoms with Crippen LogP contribution in [0.2, 0.25) is 0 Å². The van der Waals surface area contributed by atoms with Crippen LogP contribution in [0.1, 0.15) is 16.7 Å². The van der Waals surface area contributed by atoms with E-state index < -0.39 is 23.8 Å². The van der Waals surface area contributed by atoms with Crippen molar-refractivity contribution in [2.75, 3.05) is 0 Å². The Morgan fingerprint density at radius 1 is 0.879 bits per heavy atom. The van der Waals surface area contributed by atoms with E-state index in [4.69, 9.17) is 5.11 Å². The topological polar surface area (TPSA) is 151 Å². The average Bonchev–Trinajstić information content (AvgIpc) is 2.76. The van der Waals surface area contributed by atoms with E-state index in [-0.39, 0.29) is 0 Å². The summed E-state index contributed by atoms with van der Waals surface area (Å²) in [5.74, 6) is -1.13. The number of carboxylic acids is 1. The Balaban J connectivity index is 0.000000251.